The molecule has 2 atom stereocenters. The first-order valence-electron chi connectivity index (χ1n) is 14.2. The number of benzene rings is 2. The van der Waals surface area contributed by atoms with E-state index < -0.39 is 47.0 Å². The number of aliphatic hydroxyl groups is 1. The molecule has 2 aromatic carbocycles. The summed E-state index contributed by atoms with van der Waals surface area (Å²) in [5, 5.41) is 23.4. The molecule has 4 amide bonds. The maximum absolute atomic E-state index is 15.3. The number of H-pyrrole nitrogens is 1. The van der Waals surface area contributed by atoms with Crippen molar-refractivity contribution in [3.05, 3.63) is 66.4 Å². The van der Waals surface area contributed by atoms with Gasteiger partial charge in [0, 0.05) is 36.6 Å². The Balaban J connectivity index is 1.35. The molecule has 0 bridgehead atoms. The molecule has 1 fully saturated rings. The summed E-state index contributed by atoms with van der Waals surface area (Å²) in [5.41, 5.74) is -0.505. The van der Waals surface area contributed by atoms with E-state index in [1.54, 1.807) is 34.6 Å². The van der Waals surface area contributed by atoms with Gasteiger partial charge in [0.1, 0.15) is 22.9 Å². The molecule has 14 heteroatoms. The van der Waals surface area contributed by atoms with Gasteiger partial charge in [-0.3, -0.25) is 14.7 Å². The van der Waals surface area contributed by atoms with Crippen LogP contribution in [0.4, 0.5) is 30.8 Å². The predicted molar refractivity (Wildman–Crippen MR) is 163 cm³/mol. The molecule has 0 radical (unpaired) electrons. The van der Waals surface area contributed by atoms with Gasteiger partial charge in [0.2, 0.25) is 11.8 Å². The van der Waals surface area contributed by atoms with Crippen LogP contribution < -0.4 is 20.3 Å². The zero-order valence-corrected chi connectivity index (χ0v) is 25.3. The van der Waals surface area contributed by atoms with Crippen molar-refractivity contribution in [2.75, 3.05) is 22.1 Å². The Morgan fingerprint density at radius 1 is 1.09 bits per heavy atom. The van der Waals surface area contributed by atoms with Gasteiger partial charge in [0.05, 0.1) is 17.3 Å². The van der Waals surface area contributed by atoms with Crippen molar-refractivity contribution in [3.8, 4) is 11.5 Å². The summed E-state index contributed by atoms with van der Waals surface area (Å²) in [6, 6.07) is 8.74. The summed E-state index contributed by atoms with van der Waals surface area (Å²) >= 11 is 0. The van der Waals surface area contributed by atoms with Gasteiger partial charge in [-0.1, -0.05) is 0 Å². The third-order valence-electron chi connectivity index (χ3n) is 7.61. The van der Waals surface area contributed by atoms with E-state index in [2.05, 4.69) is 25.8 Å². The number of rotatable bonds is 9. The highest BCUT2D eigenvalue weighted by molar-refractivity contribution is 6.23. The Bertz CT molecular complexity index is 1750. The molecular weight excluding hydrogens is 588 g/mol. The molecule has 1 unspecified atom stereocenters. The van der Waals surface area contributed by atoms with Crippen molar-refractivity contribution >= 4 is 46.1 Å². The first-order valence-corrected chi connectivity index (χ1v) is 14.2. The fourth-order valence-electron chi connectivity index (χ4n) is 4.69. The topological polar surface area (TPSA) is 153 Å². The van der Waals surface area contributed by atoms with Crippen LogP contribution in [-0.2, 0) is 9.59 Å². The molecule has 3 heterocycles. The minimum Gasteiger partial charge on any atom is -0.453 e. The molecule has 236 valence electrons. The van der Waals surface area contributed by atoms with Crippen LogP contribution in [-0.4, -0.2) is 67.3 Å². The number of pyridine rings is 1. The number of hydrogen-bond acceptors (Lipinski definition) is 8. The van der Waals surface area contributed by atoms with Crippen molar-refractivity contribution in [1.29, 1.82) is 0 Å². The van der Waals surface area contributed by atoms with Crippen LogP contribution in [0.15, 0.2) is 54.7 Å². The van der Waals surface area contributed by atoms with E-state index in [0.717, 1.165) is 23.1 Å². The average Bonchev–Trinajstić information content (AvgIpc) is 3.38. The highest BCUT2D eigenvalue weighted by Gasteiger charge is 2.44. The fraction of sp³-hybridized carbons (Fsp3) is 0.323. The molecule has 1 aliphatic rings. The van der Waals surface area contributed by atoms with Crippen molar-refractivity contribution in [3.63, 3.8) is 0 Å². The number of amides is 4. The van der Waals surface area contributed by atoms with E-state index in [1.165, 1.54) is 41.4 Å². The molecule has 2 aromatic heterocycles. The average molecular weight is 622 g/mol. The predicted octanol–water partition coefficient (Wildman–Crippen LogP) is 5.03. The molecule has 1 aliphatic heterocycles. The maximum atomic E-state index is 15.3. The summed E-state index contributed by atoms with van der Waals surface area (Å²) in [4.78, 5) is 46.3. The molecule has 0 aliphatic carbocycles. The summed E-state index contributed by atoms with van der Waals surface area (Å²) in [7, 11) is 0. The van der Waals surface area contributed by atoms with Crippen molar-refractivity contribution in [2.24, 2.45) is 5.92 Å². The number of anilines is 3. The van der Waals surface area contributed by atoms with Crippen molar-refractivity contribution in [1.82, 2.24) is 20.1 Å². The van der Waals surface area contributed by atoms with Crippen molar-refractivity contribution < 1.29 is 33.0 Å². The van der Waals surface area contributed by atoms with E-state index >= 15 is 4.39 Å². The normalized spacial score (nSPS) is 16.3. The van der Waals surface area contributed by atoms with Crippen LogP contribution >= 0.6 is 0 Å². The summed E-state index contributed by atoms with van der Waals surface area (Å²) in [6.45, 7) is 8.38. The van der Waals surface area contributed by atoms with E-state index in [0.29, 0.717) is 16.9 Å². The molecule has 5 rings (SSSR count). The van der Waals surface area contributed by atoms with E-state index in [9.17, 15) is 23.9 Å². The number of nitrogens with zero attached hydrogens (tertiary/aromatic N) is 4. The second-order valence-corrected chi connectivity index (χ2v) is 11.6. The summed E-state index contributed by atoms with van der Waals surface area (Å²) in [5.74, 6) is -3.75. The number of aromatic amines is 1. The SMILES string of the molecule is CC(C)N1CC(C(=O)Nc2ccc(Oc3ccnc4[nH]nc(N[C@H](C)C(C)(C)O)c34)c(F)c2)C(=O)N(c2ccc(F)cc2)C1=O. The van der Waals surface area contributed by atoms with Crippen LogP contribution in [0.3, 0.4) is 0 Å². The zero-order valence-electron chi connectivity index (χ0n) is 25.3. The Kier molecular flexibility index (Phi) is 8.43. The number of halogens is 2. The minimum absolute atomic E-state index is 0.0588. The first kappa shape index (κ1) is 31.3. The highest BCUT2D eigenvalue weighted by atomic mass is 19.1. The van der Waals surface area contributed by atoms with E-state index in [1.807, 2.05) is 0 Å². The number of fused-ring (bicyclic) bond motifs is 1. The molecule has 1 saturated heterocycles. The lowest BCUT2D eigenvalue weighted by Crippen LogP contribution is -2.61. The second kappa shape index (κ2) is 12.1. The molecule has 0 spiro atoms. The summed E-state index contributed by atoms with van der Waals surface area (Å²) in [6.07, 6.45) is 1.47. The van der Waals surface area contributed by atoms with Crippen LogP contribution in [0.1, 0.15) is 34.6 Å². The molecule has 0 saturated carbocycles. The van der Waals surface area contributed by atoms with Gasteiger partial charge in [0.15, 0.2) is 23.0 Å². The lowest BCUT2D eigenvalue weighted by Gasteiger charge is -2.39. The number of hydrogen-bond donors (Lipinski definition) is 4. The van der Waals surface area contributed by atoms with Gasteiger partial charge in [-0.05, 0) is 71.0 Å². The largest absolute Gasteiger partial charge is 0.453 e. The number of urea groups is 1. The van der Waals surface area contributed by atoms with Crippen LogP contribution in [0, 0.1) is 17.6 Å². The minimum atomic E-state index is -1.31. The van der Waals surface area contributed by atoms with Crippen LogP contribution in [0.5, 0.6) is 11.5 Å². The molecule has 45 heavy (non-hydrogen) atoms. The number of carbonyl (C=O) groups is 3. The van der Waals surface area contributed by atoms with Crippen LogP contribution in [0.2, 0.25) is 0 Å². The molecule has 4 N–H and O–H groups in total. The Hall–Kier alpha value is -5.11. The van der Waals surface area contributed by atoms with Gasteiger partial charge >= 0.3 is 6.03 Å². The first-order chi connectivity index (χ1) is 21.2. The Morgan fingerprint density at radius 2 is 1.80 bits per heavy atom. The van der Waals surface area contributed by atoms with Crippen LogP contribution in [0.25, 0.3) is 11.0 Å². The number of ether oxygens (including phenoxy) is 1. The van der Waals surface area contributed by atoms with Gasteiger partial charge in [-0.25, -0.2) is 23.5 Å². The fourth-order valence-corrected chi connectivity index (χ4v) is 4.69. The Labute approximate surface area is 257 Å². The smallest absolute Gasteiger partial charge is 0.331 e. The quantitative estimate of drug-likeness (QED) is 0.190. The maximum Gasteiger partial charge on any atom is 0.331 e. The lowest BCUT2D eigenvalue weighted by molar-refractivity contribution is -0.132. The lowest BCUT2D eigenvalue weighted by atomic mass is 10.0. The van der Waals surface area contributed by atoms with E-state index in [-0.39, 0.29) is 35.5 Å². The molecular formula is C31H33F2N7O5. The molecule has 12 nitrogen and oxygen atoms in total. The summed E-state index contributed by atoms with van der Waals surface area (Å²) < 4.78 is 34.7. The number of carbonyl (C=O) groups excluding carboxylic acids is 3. The Morgan fingerprint density at radius 3 is 2.44 bits per heavy atom. The molecule has 4 aromatic rings. The highest BCUT2D eigenvalue weighted by Crippen LogP contribution is 2.35. The van der Waals surface area contributed by atoms with Gasteiger partial charge in [0.25, 0.3) is 0 Å². The van der Waals surface area contributed by atoms with Gasteiger partial charge < -0.3 is 25.4 Å². The van der Waals surface area contributed by atoms with Crippen molar-refractivity contribution in [2.45, 2.75) is 52.3 Å². The zero-order chi connectivity index (χ0) is 32.6. The number of nitrogens with one attached hydrogen (secondary N) is 3. The van der Waals surface area contributed by atoms with E-state index in [4.69, 9.17) is 4.74 Å². The second-order valence-electron chi connectivity index (χ2n) is 11.6. The number of imide groups is 1. The monoisotopic (exact) mass is 621 g/mol. The van der Waals surface area contributed by atoms with Gasteiger partial charge in [-0.15, -0.1) is 0 Å². The number of aromatic nitrogens is 3. The third kappa shape index (κ3) is 6.41. The third-order valence-corrected chi connectivity index (χ3v) is 7.61. The van der Waals surface area contributed by atoms with Gasteiger partial charge in [-0.2, -0.15) is 5.10 Å². The standard InChI is InChI=1S/C31H33F2N7O5/c1-16(2)39-15-21(29(42)40(30(39)43)20-9-6-18(32)7-10-20)28(41)36-19-8-11-23(22(33)14-19)45-24-12-13-34-26-25(24)27(38-37-26)35-17(3)31(4,5)44/h6-14,16-17,21,44H,15H2,1-5H3,(H,36,41)(H2,34,35,37,38)/t17-,21?/m1/s1.